The van der Waals surface area contributed by atoms with Gasteiger partial charge >= 0.3 is 5.69 Å². The summed E-state index contributed by atoms with van der Waals surface area (Å²) in [6.45, 7) is 0. The molecule has 0 unspecified atom stereocenters. The van der Waals surface area contributed by atoms with Gasteiger partial charge in [-0.05, 0) is 61.7 Å². The second kappa shape index (κ2) is 7.19. The third-order valence-electron chi connectivity index (χ3n) is 4.90. The van der Waals surface area contributed by atoms with Crippen LogP contribution >= 0.6 is 43.5 Å². The number of fused-ring (bicyclic) bond motifs is 1. The molecule has 9 heteroatoms. The molecule has 2 N–H and O–H groups in total. The predicted octanol–water partition coefficient (Wildman–Crippen LogP) is 4.46. The highest BCUT2D eigenvalue weighted by atomic mass is 79.9. The van der Waals surface area contributed by atoms with Gasteiger partial charge in [0.05, 0.1) is 22.3 Å². The first-order valence-electron chi connectivity index (χ1n) is 8.52. The summed E-state index contributed by atoms with van der Waals surface area (Å²) < 4.78 is 5.88. The molecular weight excluding hydrogens is 524 g/mol. The summed E-state index contributed by atoms with van der Waals surface area (Å²) in [7, 11) is 3.12. The standard InChI is InChI=1S/C20H15Br2ClN4O2/c1-25-15-9-27(12-7-13(21)17(24)14(22)8-12)18(10-3-5-11(23)6-4-10)16(15)19(28)26(2)20(25)29/h3-9H,24H2,1-2H3. The van der Waals surface area contributed by atoms with Gasteiger partial charge in [-0.25, -0.2) is 4.79 Å². The van der Waals surface area contributed by atoms with Gasteiger partial charge in [0.2, 0.25) is 0 Å². The molecule has 0 aliphatic heterocycles. The molecule has 0 amide bonds. The number of aryl methyl sites for hydroxylation is 1. The van der Waals surface area contributed by atoms with Crippen LogP contribution in [0.15, 0.2) is 61.1 Å². The van der Waals surface area contributed by atoms with Crippen molar-refractivity contribution in [1.82, 2.24) is 13.7 Å². The smallest absolute Gasteiger partial charge is 0.330 e. The van der Waals surface area contributed by atoms with Gasteiger partial charge in [0.25, 0.3) is 5.56 Å². The first-order valence-corrected chi connectivity index (χ1v) is 10.5. The molecule has 4 aromatic rings. The molecule has 4 rings (SSSR count). The molecule has 0 spiro atoms. The topological polar surface area (TPSA) is 75.0 Å². The maximum atomic E-state index is 13.1. The van der Waals surface area contributed by atoms with Crippen molar-refractivity contribution in [2.24, 2.45) is 14.1 Å². The highest BCUT2D eigenvalue weighted by Gasteiger charge is 2.21. The highest BCUT2D eigenvalue weighted by molar-refractivity contribution is 9.11. The van der Waals surface area contributed by atoms with Crippen LogP contribution in [0.5, 0.6) is 0 Å². The lowest BCUT2D eigenvalue weighted by atomic mass is 10.1. The van der Waals surface area contributed by atoms with Crippen LogP contribution in [0.3, 0.4) is 0 Å². The van der Waals surface area contributed by atoms with Crippen LogP contribution in [0.25, 0.3) is 27.8 Å². The number of nitrogen functional groups attached to an aromatic ring is 1. The molecule has 0 saturated carbocycles. The van der Waals surface area contributed by atoms with Gasteiger partial charge in [0, 0.05) is 39.9 Å². The van der Waals surface area contributed by atoms with E-state index in [9.17, 15) is 9.59 Å². The molecular formula is C20H15Br2ClN4O2. The number of benzene rings is 2. The van der Waals surface area contributed by atoms with Gasteiger partial charge in [-0.3, -0.25) is 13.9 Å². The predicted molar refractivity (Wildman–Crippen MR) is 124 cm³/mol. The maximum absolute atomic E-state index is 13.1. The summed E-state index contributed by atoms with van der Waals surface area (Å²) in [6.07, 6.45) is 1.78. The number of hydrogen-bond acceptors (Lipinski definition) is 3. The quantitative estimate of drug-likeness (QED) is 0.383. The van der Waals surface area contributed by atoms with Crippen LogP contribution in [0.2, 0.25) is 5.02 Å². The molecule has 148 valence electrons. The van der Waals surface area contributed by atoms with Gasteiger partial charge in [0.1, 0.15) is 0 Å². The number of nitrogens with two attached hydrogens (primary N) is 1. The fraction of sp³-hybridized carbons (Fsp3) is 0.100. The number of hydrogen-bond donors (Lipinski definition) is 1. The average Bonchev–Trinajstić information content (AvgIpc) is 3.10. The van der Waals surface area contributed by atoms with E-state index in [0.717, 1.165) is 15.8 Å². The van der Waals surface area contributed by atoms with E-state index in [4.69, 9.17) is 17.3 Å². The molecule has 0 saturated heterocycles. The Morgan fingerprint density at radius 3 is 2.14 bits per heavy atom. The molecule has 2 aromatic heterocycles. The zero-order valence-electron chi connectivity index (χ0n) is 15.4. The normalized spacial score (nSPS) is 11.3. The van der Waals surface area contributed by atoms with E-state index in [1.165, 1.54) is 11.6 Å². The molecule has 0 aliphatic rings. The minimum Gasteiger partial charge on any atom is -0.397 e. The lowest BCUT2D eigenvalue weighted by Crippen LogP contribution is -2.36. The van der Waals surface area contributed by atoms with Crippen molar-refractivity contribution in [2.45, 2.75) is 0 Å². The van der Waals surface area contributed by atoms with Crippen molar-refractivity contribution in [3.8, 4) is 16.9 Å². The minimum atomic E-state index is -0.387. The molecule has 0 radical (unpaired) electrons. The lowest BCUT2D eigenvalue weighted by Gasteiger charge is -2.12. The highest BCUT2D eigenvalue weighted by Crippen LogP contribution is 2.36. The Labute approximate surface area is 187 Å². The van der Waals surface area contributed by atoms with E-state index in [0.29, 0.717) is 36.3 Å². The second-order valence-corrected chi connectivity index (χ2v) is 8.79. The minimum absolute atomic E-state index is 0.361. The summed E-state index contributed by atoms with van der Waals surface area (Å²) in [5.74, 6) is 0. The molecule has 0 atom stereocenters. The Balaban J connectivity index is 2.20. The van der Waals surface area contributed by atoms with Gasteiger partial charge < -0.3 is 10.3 Å². The van der Waals surface area contributed by atoms with E-state index in [1.807, 2.05) is 28.8 Å². The Morgan fingerprint density at radius 1 is 0.966 bits per heavy atom. The first kappa shape index (κ1) is 20.0. The second-order valence-electron chi connectivity index (χ2n) is 6.64. The number of anilines is 1. The number of aromatic nitrogens is 3. The van der Waals surface area contributed by atoms with E-state index in [-0.39, 0.29) is 11.2 Å². The molecule has 0 aliphatic carbocycles. The lowest BCUT2D eigenvalue weighted by molar-refractivity contribution is 0.714. The monoisotopic (exact) mass is 536 g/mol. The van der Waals surface area contributed by atoms with Crippen LogP contribution in [0.1, 0.15) is 0 Å². The molecule has 2 aromatic carbocycles. The number of nitrogens with zero attached hydrogens (tertiary/aromatic N) is 3. The largest absolute Gasteiger partial charge is 0.397 e. The van der Waals surface area contributed by atoms with Crippen molar-refractivity contribution >= 4 is 60.1 Å². The summed E-state index contributed by atoms with van der Waals surface area (Å²) in [6, 6.07) is 10.9. The van der Waals surface area contributed by atoms with Crippen LogP contribution in [-0.2, 0) is 14.1 Å². The zero-order valence-corrected chi connectivity index (χ0v) is 19.3. The molecule has 0 fully saturated rings. The molecule has 0 bridgehead atoms. The number of halogens is 3. The Morgan fingerprint density at radius 2 is 1.55 bits per heavy atom. The third kappa shape index (κ3) is 3.15. The molecule has 6 nitrogen and oxygen atoms in total. The van der Waals surface area contributed by atoms with Crippen molar-refractivity contribution in [3.05, 3.63) is 77.4 Å². The van der Waals surface area contributed by atoms with Crippen molar-refractivity contribution in [3.63, 3.8) is 0 Å². The van der Waals surface area contributed by atoms with E-state index < -0.39 is 0 Å². The number of rotatable bonds is 2. The molecule has 2 heterocycles. The van der Waals surface area contributed by atoms with Crippen molar-refractivity contribution in [2.75, 3.05) is 5.73 Å². The van der Waals surface area contributed by atoms with Crippen molar-refractivity contribution < 1.29 is 0 Å². The van der Waals surface area contributed by atoms with Crippen LogP contribution in [-0.4, -0.2) is 13.7 Å². The van der Waals surface area contributed by atoms with Crippen LogP contribution in [0, 0.1) is 0 Å². The zero-order chi connectivity index (χ0) is 21.0. The fourth-order valence-corrected chi connectivity index (χ4v) is 4.63. The maximum Gasteiger partial charge on any atom is 0.330 e. The van der Waals surface area contributed by atoms with E-state index in [2.05, 4.69) is 31.9 Å². The summed E-state index contributed by atoms with van der Waals surface area (Å²) >= 11 is 13.0. The van der Waals surface area contributed by atoms with Crippen LogP contribution in [0.4, 0.5) is 5.69 Å². The Hall–Kier alpha value is -2.29. The summed E-state index contributed by atoms with van der Waals surface area (Å²) in [4.78, 5) is 25.5. The Bertz CT molecular complexity index is 1380. The Kier molecular flexibility index (Phi) is 4.96. The fourth-order valence-electron chi connectivity index (χ4n) is 3.35. The van der Waals surface area contributed by atoms with Crippen molar-refractivity contribution in [1.29, 1.82) is 0 Å². The van der Waals surface area contributed by atoms with Gasteiger partial charge in [-0.1, -0.05) is 23.7 Å². The van der Waals surface area contributed by atoms with E-state index in [1.54, 1.807) is 25.4 Å². The van der Waals surface area contributed by atoms with Gasteiger partial charge in [-0.15, -0.1) is 0 Å². The molecule has 29 heavy (non-hydrogen) atoms. The summed E-state index contributed by atoms with van der Waals surface area (Å²) in [5.41, 5.74) is 8.63. The first-order chi connectivity index (χ1) is 13.7. The SMILES string of the molecule is Cn1c(=O)c2c(-c3ccc(Cl)cc3)n(-c3cc(Br)c(N)c(Br)c3)cc2n(C)c1=O. The van der Waals surface area contributed by atoms with Gasteiger partial charge in [0.15, 0.2) is 0 Å². The third-order valence-corrected chi connectivity index (χ3v) is 6.46. The van der Waals surface area contributed by atoms with Gasteiger partial charge in [-0.2, -0.15) is 0 Å². The summed E-state index contributed by atoms with van der Waals surface area (Å²) in [5, 5.41) is 1.04. The van der Waals surface area contributed by atoms with Crippen LogP contribution < -0.4 is 17.0 Å². The van der Waals surface area contributed by atoms with E-state index >= 15 is 0 Å². The average molecular weight is 539 g/mol.